The second-order valence-electron chi connectivity index (χ2n) is 5.49. The van der Waals surface area contributed by atoms with Gasteiger partial charge in [-0.2, -0.15) is 0 Å². The molecule has 2 rings (SSSR count). The van der Waals surface area contributed by atoms with Crippen LogP contribution in [0.25, 0.3) is 0 Å². The third-order valence-corrected chi connectivity index (χ3v) is 3.57. The SMILES string of the molecule is CCNC(=O)c1cccc(CNC(=O)c2cc([N+](=O)[O-])cc([N+](=O)[O-])c2)c1. The number of carbonyl (C=O) groups is 2. The van der Waals surface area contributed by atoms with Crippen LogP contribution in [0.1, 0.15) is 33.2 Å². The number of nitro benzene ring substituents is 2. The van der Waals surface area contributed by atoms with Gasteiger partial charge in [0.1, 0.15) is 0 Å². The Balaban J connectivity index is 2.16. The fourth-order valence-electron chi connectivity index (χ4n) is 2.31. The highest BCUT2D eigenvalue weighted by Gasteiger charge is 2.19. The minimum Gasteiger partial charge on any atom is -0.352 e. The Morgan fingerprint density at radius 1 is 0.889 bits per heavy atom. The minimum absolute atomic E-state index is 0.0442. The monoisotopic (exact) mass is 372 g/mol. The van der Waals surface area contributed by atoms with Crippen LogP contribution in [0.5, 0.6) is 0 Å². The van der Waals surface area contributed by atoms with E-state index < -0.39 is 27.1 Å². The maximum absolute atomic E-state index is 12.3. The molecule has 2 aromatic rings. The Morgan fingerprint density at radius 3 is 2.04 bits per heavy atom. The first kappa shape index (κ1) is 19.5. The Morgan fingerprint density at radius 2 is 1.48 bits per heavy atom. The predicted molar refractivity (Wildman–Crippen MR) is 95.4 cm³/mol. The molecule has 0 aliphatic carbocycles. The summed E-state index contributed by atoms with van der Waals surface area (Å²) in [6.45, 7) is 2.31. The fourth-order valence-corrected chi connectivity index (χ4v) is 2.31. The number of hydrogen-bond donors (Lipinski definition) is 2. The van der Waals surface area contributed by atoms with Gasteiger partial charge in [-0.3, -0.25) is 29.8 Å². The fraction of sp³-hybridized carbons (Fsp3) is 0.176. The molecule has 0 aliphatic heterocycles. The van der Waals surface area contributed by atoms with Crippen molar-refractivity contribution in [3.05, 3.63) is 79.4 Å². The number of non-ortho nitro benzene ring substituents is 2. The highest BCUT2D eigenvalue weighted by atomic mass is 16.6. The van der Waals surface area contributed by atoms with E-state index in [1.54, 1.807) is 31.2 Å². The first-order valence-corrected chi connectivity index (χ1v) is 7.91. The van der Waals surface area contributed by atoms with Crippen molar-refractivity contribution < 1.29 is 19.4 Å². The van der Waals surface area contributed by atoms with Gasteiger partial charge in [-0.1, -0.05) is 12.1 Å². The topological polar surface area (TPSA) is 144 Å². The summed E-state index contributed by atoms with van der Waals surface area (Å²) in [5, 5.41) is 27.0. The first-order chi connectivity index (χ1) is 12.8. The van der Waals surface area contributed by atoms with Crippen molar-refractivity contribution in [1.29, 1.82) is 0 Å². The molecule has 0 aromatic heterocycles. The molecular formula is C17H16N4O6. The lowest BCUT2D eigenvalue weighted by Gasteiger charge is -2.08. The van der Waals surface area contributed by atoms with Gasteiger partial charge in [-0.25, -0.2) is 0 Å². The van der Waals surface area contributed by atoms with E-state index in [2.05, 4.69) is 10.6 Å². The molecule has 0 saturated heterocycles. The van der Waals surface area contributed by atoms with Crippen LogP contribution in [0.4, 0.5) is 11.4 Å². The lowest BCUT2D eigenvalue weighted by molar-refractivity contribution is -0.394. The lowest BCUT2D eigenvalue weighted by atomic mass is 10.1. The number of rotatable bonds is 7. The zero-order valence-electron chi connectivity index (χ0n) is 14.3. The zero-order valence-corrected chi connectivity index (χ0v) is 14.3. The van der Waals surface area contributed by atoms with E-state index in [9.17, 15) is 29.8 Å². The van der Waals surface area contributed by atoms with Crippen LogP contribution < -0.4 is 10.6 Å². The second-order valence-corrected chi connectivity index (χ2v) is 5.49. The van der Waals surface area contributed by atoms with Gasteiger partial charge < -0.3 is 10.6 Å². The van der Waals surface area contributed by atoms with Crippen molar-refractivity contribution in [2.45, 2.75) is 13.5 Å². The van der Waals surface area contributed by atoms with Gasteiger partial charge in [0, 0.05) is 30.8 Å². The van der Waals surface area contributed by atoms with Gasteiger partial charge in [0.15, 0.2) is 0 Å². The van der Waals surface area contributed by atoms with Crippen molar-refractivity contribution in [2.24, 2.45) is 0 Å². The van der Waals surface area contributed by atoms with Crippen molar-refractivity contribution in [2.75, 3.05) is 6.54 Å². The molecule has 0 radical (unpaired) electrons. The number of nitrogens with one attached hydrogen (secondary N) is 2. The van der Waals surface area contributed by atoms with Crippen LogP contribution in [0.15, 0.2) is 42.5 Å². The summed E-state index contributed by atoms with van der Waals surface area (Å²) in [4.78, 5) is 44.3. The molecule has 140 valence electrons. The lowest BCUT2D eigenvalue weighted by Crippen LogP contribution is -2.24. The number of benzene rings is 2. The van der Waals surface area contributed by atoms with Crippen LogP contribution in [0.2, 0.25) is 0 Å². The third-order valence-electron chi connectivity index (χ3n) is 3.57. The normalized spacial score (nSPS) is 10.1. The Labute approximate surface area is 153 Å². The molecular weight excluding hydrogens is 356 g/mol. The summed E-state index contributed by atoms with van der Waals surface area (Å²) >= 11 is 0. The first-order valence-electron chi connectivity index (χ1n) is 7.91. The summed E-state index contributed by atoms with van der Waals surface area (Å²) in [5.41, 5.74) is -0.238. The molecule has 2 N–H and O–H groups in total. The van der Waals surface area contributed by atoms with Crippen LogP contribution in [-0.4, -0.2) is 28.2 Å². The van der Waals surface area contributed by atoms with Crippen molar-refractivity contribution >= 4 is 23.2 Å². The van der Waals surface area contributed by atoms with Gasteiger partial charge in [-0.15, -0.1) is 0 Å². The molecule has 2 amide bonds. The molecule has 2 aromatic carbocycles. The second kappa shape index (κ2) is 8.52. The summed E-state index contributed by atoms with van der Waals surface area (Å²) in [5.74, 6) is -0.954. The number of carbonyl (C=O) groups excluding carboxylic acids is 2. The van der Waals surface area contributed by atoms with Crippen LogP contribution in [0, 0.1) is 20.2 Å². The zero-order chi connectivity index (χ0) is 20.0. The number of nitro groups is 2. The molecule has 0 bridgehead atoms. The molecule has 0 fully saturated rings. The highest BCUT2D eigenvalue weighted by Crippen LogP contribution is 2.22. The predicted octanol–water partition coefficient (Wildman–Crippen LogP) is 2.18. The van der Waals surface area contributed by atoms with Gasteiger partial charge in [0.2, 0.25) is 0 Å². The van der Waals surface area contributed by atoms with Crippen LogP contribution >= 0.6 is 0 Å². The van der Waals surface area contributed by atoms with Crippen molar-refractivity contribution in [1.82, 2.24) is 10.6 Å². The largest absolute Gasteiger partial charge is 0.352 e. The van der Waals surface area contributed by atoms with E-state index in [-0.39, 0.29) is 18.0 Å². The van der Waals surface area contributed by atoms with Crippen molar-refractivity contribution in [3.63, 3.8) is 0 Å². The summed E-state index contributed by atoms with van der Waals surface area (Å²) in [7, 11) is 0. The van der Waals surface area contributed by atoms with Crippen LogP contribution in [0.3, 0.4) is 0 Å². The minimum atomic E-state index is -0.806. The van der Waals surface area contributed by atoms with Gasteiger partial charge in [0.25, 0.3) is 23.2 Å². The molecule has 10 heteroatoms. The quantitative estimate of drug-likeness (QED) is 0.563. The van der Waals surface area contributed by atoms with E-state index in [1.807, 2.05) is 0 Å². The van der Waals surface area contributed by atoms with E-state index in [0.29, 0.717) is 17.7 Å². The standard InChI is InChI=1S/C17H16N4O6/c1-2-18-16(22)12-5-3-4-11(6-12)10-19-17(23)13-7-14(20(24)25)9-15(8-13)21(26)27/h3-9H,2,10H2,1H3,(H,18,22)(H,19,23). The molecule has 0 spiro atoms. The van der Waals surface area contributed by atoms with E-state index in [1.165, 1.54) is 0 Å². The Hall–Kier alpha value is -3.82. The molecule has 27 heavy (non-hydrogen) atoms. The smallest absolute Gasteiger partial charge is 0.277 e. The van der Waals surface area contributed by atoms with Gasteiger partial charge in [0.05, 0.1) is 21.5 Å². The average Bonchev–Trinajstić information content (AvgIpc) is 2.66. The summed E-state index contributed by atoms with van der Waals surface area (Å²) < 4.78 is 0. The highest BCUT2D eigenvalue weighted by molar-refractivity contribution is 5.96. The van der Waals surface area contributed by atoms with Crippen molar-refractivity contribution in [3.8, 4) is 0 Å². The molecule has 0 unspecified atom stereocenters. The summed E-state index contributed by atoms with van der Waals surface area (Å²) in [6.07, 6.45) is 0. The van der Waals surface area contributed by atoms with E-state index in [4.69, 9.17) is 0 Å². The van der Waals surface area contributed by atoms with E-state index in [0.717, 1.165) is 18.2 Å². The number of hydrogen-bond acceptors (Lipinski definition) is 6. The van der Waals surface area contributed by atoms with E-state index >= 15 is 0 Å². The molecule has 0 aliphatic rings. The maximum atomic E-state index is 12.3. The summed E-state index contributed by atoms with van der Waals surface area (Å²) in [6, 6.07) is 9.29. The molecule has 0 heterocycles. The number of nitrogens with zero attached hydrogens (tertiary/aromatic N) is 2. The Bertz CT molecular complexity index is 880. The maximum Gasteiger partial charge on any atom is 0.277 e. The molecule has 10 nitrogen and oxygen atoms in total. The van der Waals surface area contributed by atoms with Gasteiger partial charge in [-0.05, 0) is 24.6 Å². The third kappa shape index (κ3) is 5.08. The van der Waals surface area contributed by atoms with Gasteiger partial charge >= 0.3 is 0 Å². The Kier molecular flexibility index (Phi) is 6.15. The van der Waals surface area contributed by atoms with Crippen LogP contribution in [-0.2, 0) is 6.54 Å². The molecule has 0 atom stereocenters. The number of amides is 2. The average molecular weight is 372 g/mol. The molecule has 0 saturated carbocycles.